The van der Waals surface area contributed by atoms with Crippen molar-refractivity contribution in [2.45, 2.75) is 39.7 Å². The Kier molecular flexibility index (Phi) is 6.13. The standard InChI is InChI=1S/C20H22N4O2S/c1-3-4-7-11-24-20(26)16-9-6-5-8-15(16)18(23-24)19(25)22-21-13-17-14(2)10-12-27-17/h5-6,8-10,12-13H,3-4,7,11H2,1-2H3,(H,22,25)/b21-13-. The van der Waals surface area contributed by atoms with Crippen molar-refractivity contribution in [2.75, 3.05) is 0 Å². The van der Waals surface area contributed by atoms with Crippen molar-refractivity contribution in [2.24, 2.45) is 5.10 Å². The van der Waals surface area contributed by atoms with Crippen LogP contribution < -0.4 is 11.0 Å². The van der Waals surface area contributed by atoms with E-state index in [2.05, 4.69) is 22.5 Å². The average molecular weight is 382 g/mol. The smallest absolute Gasteiger partial charge is 0.267 e. The van der Waals surface area contributed by atoms with Gasteiger partial charge in [-0.3, -0.25) is 9.59 Å². The number of hydrogen-bond donors (Lipinski definition) is 1. The van der Waals surface area contributed by atoms with Crippen molar-refractivity contribution < 1.29 is 4.79 Å². The molecule has 1 amide bonds. The number of benzene rings is 1. The number of unbranched alkanes of at least 4 members (excludes halogenated alkanes) is 2. The third-order valence-electron chi connectivity index (χ3n) is 4.31. The fourth-order valence-corrected chi connectivity index (χ4v) is 3.57. The van der Waals surface area contributed by atoms with Crippen LogP contribution in [0.2, 0.25) is 0 Å². The van der Waals surface area contributed by atoms with E-state index in [4.69, 9.17) is 0 Å². The molecule has 0 aliphatic rings. The molecule has 0 unspecified atom stereocenters. The molecule has 1 aromatic carbocycles. The summed E-state index contributed by atoms with van der Waals surface area (Å²) in [5.74, 6) is -0.430. The Morgan fingerprint density at radius 1 is 1.26 bits per heavy atom. The van der Waals surface area contributed by atoms with Crippen LogP contribution >= 0.6 is 11.3 Å². The second-order valence-corrected chi connectivity index (χ2v) is 7.24. The topological polar surface area (TPSA) is 76.3 Å². The van der Waals surface area contributed by atoms with Crippen LogP contribution in [0.4, 0.5) is 0 Å². The number of aryl methyl sites for hydroxylation is 2. The van der Waals surface area contributed by atoms with Crippen molar-refractivity contribution in [1.29, 1.82) is 0 Å². The first-order valence-corrected chi connectivity index (χ1v) is 9.87. The number of rotatable bonds is 7. The Labute approximate surface area is 161 Å². The summed E-state index contributed by atoms with van der Waals surface area (Å²) in [7, 11) is 0. The number of aromatic nitrogens is 2. The molecule has 0 aliphatic heterocycles. The van der Waals surface area contributed by atoms with Gasteiger partial charge in [-0.1, -0.05) is 38.0 Å². The molecule has 0 fully saturated rings. The summed E-state index contributed by atoms with van der Waals surface area (Å²) in [6, 6.07) is 9.04. The van der Waals surface area contributed by atoms with Gasteiger partial charge in [0.15, 0.2) is 5.69 Å². The van der Waals surface area contributed by atoms with Gasteiger partial charge < -0.3 is 0 Å². The molecule has 3 aromatic rings. The quantitative estimate of drug-likeness (QED) is 0.384. The monoisotopic (exact) mass is 382 g/mol. The van der Waals surface area contributed by atoms with Crippen molar-refractivity contribution >= 4 is 34.2 Å². The summed E-state index contributed by atoms with van der Waals surface area (Å²) in [6.07, 6.45) is 4.52. The maximum absolute atomic E-state index is 12.7. The first kappa shape index (κ1) is 19.0. The average Bonchev–Trinajstić information content (AvgIpc) is 3.08. The highest BCUT2D eigenvalue weighted by atomic mass is 32.1. The van der Waals surface area contributed by atoms with Crippen LogP contribution in [0.15, 0.2) is 45.6 Å². The van der Waals surface area contributed by atoms with Crippen LogP contribution in [0.25, 0.3) is 10.8 Å². The highest BCUT2D eigenvalue weighted by Crippen LogP contribution is 2.14. The molecule has 7 heteroatoms. The number of nitrogens with one attached hydrogen (secondary N) is 1. The zero-order valence-corrected chi connectivity index (χ0v) is 16.3. The summed E-state index contributed by atoms with van der Waals surface area (Å²) in [5, 5.41) is 11.4. The van der Waals surface area contributed by atoms with E-state index >= 15 is 0 Å². The molecule has 0 radical (unpaired) electrons. The maximum atomic E-state index is 12.7. The van der Waals surface area contributed by atoms with Crippen molar-refractivity contribution in [1.82, 2.24) is 15.2 Å². The zero-order valence-electron chi connectivity index (χ0n) is 15.4. The second-order valence-electron chi connectivity index (χ2n) is 6.30. The maximum Gasteiger partial charge on any atom is 0.292 e. The SMILES string of the molecule is CCCCCn1nc(C(=O)N/N=C\c2sccc2C)c2ccccc2c1=O. The molecule has 0 spiro atoms. The molecule has 0 saturated heterocycles. The lowest BCUT2D eigenvalue weighted by Gasteiger charge is -2.10. The van der Waals surface area contributed by atoms with E-state index in [1.807, 2.05) is 18.4 Å². The minimum absolute atomic E-state index is 0.170. The highest BCUT2D eigenvalue weighted by molar-refractivity contribution is 7.11. The van der Waals surface area contributed by atoms with Crippen LogP contribution in [0.3, 0.4) is 0 Å². The molecular weight excluding hydrogens is 360 g/mol. The molecule has 0 bridgehead atoms. The number of hydrogen-bond acceptors (Lipinski definition) is 5. The molecule has 0 atom stereocenters. The molecule has 0 saturated carbocycles. The summed E-state index contributed by atoms with van der Waals surface area (Å²) < 4.78 is 1.39. The summed E-state index contributed by atoms with van der Waals surface area (Å²) in [6.45, 7) is 4.58. The molecule has 140 valence electrons. The van der Waals surface area contributed by atoms with Crippen molar-refractivity contribution in [3.05, 3.63) is 62.2 Å². The van der Waals surface area contributed by atoms with Gasteiger partial charge in [-0.2, -0.15) is 10.2 Å². The van der Waals surface area contributed by atoms with Gasteiger partial charge in [-0.25, -0.2) is 10.1 Å². The predicted molar refractivity (Wildman–Crippen MR) is 110 cm³/mol. The molecule has 2 aromatic heterocycles. The Hall–Kier alpha value is -2.80. The van der Waals surface area contributed by atoms with E-state index < -0.39 is 5.91 Å². The largest absolute Gasteiger partial charge is 0.292 e. The van der Waals surface area contributed by atoms with Crippen LogP contribution in [-0.4, -0.2) is 21.9 Å². The summed E-state index contributed by atoms with van der Waals surface area (Å²) in [5.41, 5.74) is 3.67. The van der Waals surface area contributed by atoms with Crippen LogP contribution in [0, 0.1) is 6.92 Å². The van der Waals surface area contributed by atoms with Gasteiger partial charge in [0.2, 0.25) is 0 Å². The van der Waals surface area contributed by atoms with Gasteiger partial charge in [0.25, 0.3) is 11.5 Å². The summed E-state index contributed by atoms with van der Waals surface area (Å²) >= 11 is 1.55. The third kappa shape index (κ3) is 4.31. The van der Waals surface area contributed by atoms with Gasteiger partial charge in [0.05, 0.1) is 11.6 Å². The molecule has 2 heterocycles. The molecule has 6 nitrogen and oxygen atoms in total. The van der Waals surface area contributed by atoms with E-state index in [-0.39, 0.29) is 11.3 Å². The number of hydrazone groups is 1. The number of nitrogens with zero attached hydrogens (tertiary/aromatic N) is 3. The minimum Gasteiger partial charge on any atom is -0.267 e. The van der Waals surface area contributed by atoms with E-state index in [1.165, 1.54) is 4.68 Å². The fourth-order valence-electron chi connectivity index (χ4n) is 2.79. The first-order chi connectivity index (χ1) is 13.1. The number of carbonyl (C=O) groups excluding carboxylic acids is 1. The second kappa shape index (κ2) is 8.73. The fraction of sp³-hybridized carbons (Fsp3) is 0.300. The lowest BCUT2D eigenvalue weighted by Crippen LogP contribution is -2.29. The molecule has 3 rings (SSSR count). The van der Waals surface area contributed by atoms with Crippen LogP contribution in [-0.2, 0) is 6.54 Å². The van der Waals surface area contributed by atoms with E-state index in [0.29, 0.717) is 17.3 Å². The predicted octanol–water partition coefficient (Wildman–Crippen LogP) is 3.72. The molecule has 27 heavy (non-hydrogen) atoms. The number of fused-ring (bicyclic) bond motifs is 1. The molecular formula is C20H22N4O2S. The molecule has 1 N–H and O–H groups in total. The Bertz CT molecular complexity index is 1040. The third-order valence-corrected chi connectivity index (χ3v) is 5.26. The molecule has 0 aliphatic carbocycles. The van der Waals surface area contributed by atoms with Crippen molar-refractivity contribution in [3.8, 4) is 0 Å². The highest BCUT2D eigenvalue weighted by Gasteiger charge is 2.16. The lowest BCUT2D eigenvalue weighted by molar-refractivity contribution is 0.0949. The number of carbonyl (C=O) groups is 1. The summed E-state index contributed by atoms with van der Waals surface area (Å²) in [4.78, 5) is 26.3. The first-order valence-electron chi connectivity index (χ1n) is 8.99. The Morgan fingerprint density at radius 3 is 2.74 bits per heavy atom. The van der Waals surface area contributed by atoms with Gasteiger partial charge in [0, 0.05) is 16.8 Å². The van der Waals surface area contributed by atoms with Gasteiger partial charge in [-0.05, 0) is 36.4 Å². The van der Waals surface area contributed by atoms with E-state index in [0.717, 1.165) is 29.7 Å². The minimum atomic E-state index is -0.430. The zero-order chi connectivity index (χ0) is 19.2. The van der Waals surface area contributed by atoms with Crippen LogP contribution in [0.1, 0.15) is 47.1 Å². The lowest BCUT2D eigenvalue weighted by atomic mass is 10.1. The van der Waals surface area contributed by atoms with Gasteiger partial charge in [0.1, 0.15) is 0 Å². The van der Waals surface area contributed by atoms with Gasteiger partial charge >= 0.3 is 0 Å². The van der Waals surface area contributed by atoms with E-state index in [9.17, 15) is 9.59 Å². The van der Waals surface area contributed by atoms with E-state index in [1.54, 1.807) is 41.8 Å². The van der Waals surface area contributed by atoms with Crippen molar-refractivity contribution in [3.63, 3.8) is 0 Å². The van der Waals surface area contributed by atoms with Crippen LogP contribution in [0.5, 0.6) is 0 Å². The number of amides is 1. The normalized spacial score (nSPS) is 11.3. The number of thiophene rings is 1. The Balaban J connectivity index is 1.90. The Morgan fingerprint density at radius 2 is 2.04 bits per heavy atom. The van der Waals surface area contributed by atoms with Gasteiger partial charge in [-0.15, -0.1) is 11.3 Å².